The monoisotopic (exact) mass is 235 g/mol. The number of aliphatic hydroxyl groups is 1. The van der Waals surface area contributed by atoms with E-state index in [4.69, 9.17) is 0 Å². The third-order valence-corrected chi connectivity index (χ3v) is 2.98. The number of aromatic nitrogens is 2. The molecule has 16 heavy (non-hydrogen) atoms. The zero-order chi connectivity index (χ0) is 11.4. The number of hydrogen-bond acceptors (Lipinski definition) is 5. The van der Waals surface area contributed by atoms with Crippen molar-refractivity contribution < 1.29 is 5.11 Å². The maximum absolute atomic E-state index is 9.21. The topological polar surface area (TPSA) is 49.2 Å². The van der Waals surface area contributed by atoms with Gasteiger partial charge < -0.3 is 10.0 Å². The molecule has 2 aromatic heterocycles. The Kier molecular flexibility index (Phi) is 3.48. The van der Waals surface area contributed by atoms with E-state index in [0.29, 0.717) is 0 Å². The van der Waals surface area contributed by atoms with Crippen LogP contribution in [0.25, 0.3) is 0 Å². The van der Waals surface area contributed by atoms with Gasteiger partial charge in [-0.25, -0.2) is 4.98 Å². The van der Waals surface area contributed by atoms with Crippen molar-refractivity contribution in [1.29, 1.82) is 0 Å². The molecule has 2 rings (SSSR count). The van der Waals surface area contributed by atoms with Gasteiger partial charge >= 0.3 is 0 Å². The van der Waals surface area contributed by atoms with Gasteiger partial charge in [-0.1, -0.05) is 0 Å². The summed E-state index contributed by atoms with van der Waals surface area (Å²) in [6.07, 6.45) is 3.42. The van der Waals surface area contributed by atoms with Gasteiger partial charge in [0.1, 0.15) is 0 Å². The first-order chi connectivity index (χ1) is 7.81. The second-order valence-electron chi connectivity index (χ2n) is 3.50. The number of thiazole rings is 1. The maximum atomic E-state index is 9.21. The third kappa shape index (κ3) is 2.37. The van der Waals surface area contributed by atoms with Crippen LogP contribution in [0, 0.1) is 0 Å². The van der Waals surface area contributed by atoms with Gasteiger partial charge in [-0.3, -0.25) is 4.98 Å². The van der Waals surface area contributed by atoms with Gasteiger partial charge in [0.15, 0.2) is 0 Å². The van der Waals surface area contributed by atoms with E-state index in [2.05, 4.69) is 14.9 Å². The zero-order valence-electron chi connectivity index (χ0n) is 9.00. The molecule has 1 N–H and O–H groups in total. The van der Waals surface area contributed by atoms with Crippen molar-refractivity contribution in [2.75, 3.05) is 11.9 Å². The summed E-state index contributed by atoms with van der Waals surface area (Å²) in [7, 11) is 1.98. The molecule has 2 heterocycles. The van der Waals surface area contributed by atoms with Gasteiger partial charge in [-0.2, -0.15) is 0 Å². The lowest BCUT2D eigenvalue weighted by atomic mass is 10.2. The zero-order valence-corrected chi connectivity index (χ0v) is 9.81. The number of hydrogen-bond donors (Lipinski definition) is 1. The summed E-state index contributed by atoms with van der Waals surface area (Å²) in [5.74, 6) is 0. The quantitative estimate of drug-likeness (QED) is 0.875. The van der Waals surface area contributed by atoms with Gasteiger partial charge in [0, 0.05) is 36.1 Å². The summed E-state index contributed by atoms with van der Waals surface area (Å²) in [5.41, 5.74) is 4.68. The first kappa shape index (κ1) is 11.0. The molecule has 5 heteroatoms. The summed E-state index contributed by atoms with van der Waals surface area (Å²) >= 11 is 1.59. The molecule has 0 unspecified atom stereocenters. The Morgan fingerprint density at radius 2 is 2.38 bits per heavy atom. The summed E-state index contributed by atoms with van der Waals surface area (Å²) in [6.45, 7) is 0.741. The summed E-state index contributed by atoms with van der Waals surface area (Å²) in [4.78, 5) is 10.3. The number of aliphatic hydroxyl groups excluding tert-OH is 1. The van der Waals surface area contributed by atoms with Gasteiger partial charge in [0.2, 0.25) is 0 Å². The lowest BCUT2D eigenvalue weighted by Gasteiger charge is -2.20. The second-order valence-corrected chi connectivity index (χ2v) is 4.22. The standard InChI is InChI=1S/C11H13N3OS/c1-14(5-10-7-16-8-13-10)11-2-3-12-4-9(11)6-15/h2-4,7-8,15H,5-6H2,1H3. The minimum Gasteiger partial charge on any atom is -0.392 e. The predicted octanol–water partition coefficient (Wildman–Crippen LogP) is 1.67. The number of pyridine rings is 1. The van der Waals surface area contributed by atoms with Crippen molar-refractivity contribution in [3.05, 3.63) is 40.6 Å². The van der Waals surface area contributed by atoms with Crippen LogP contribution in [-0.2, 0) is 13.2 Å². The fraction of sp³-hybridized carbons (Fsp3) is 0.273. The highest BCUT2D eigenvalue weighted by atomic mass is 32.1. The molecule has 4 nitrogen and oxygen atoms in total. The molecule has 2 aromatic rings. The average molecular weight is 235 g/mol. The molecule has 0 bridgehead atoms. The Morgan fingerprint density at radius 3 is 3.06 bits per heavy atom. The number of rotatable bonds is 4. The molecule has 0 amide bonds. The van der Waals surface area contributed by atoms with Crippen molar-refractivity contribution >= 4 is 17.0 Å². The van der Waals surface area contributed by atoms with Crippen LogP contribution in [-0.4, -0.2) is 22.1 Å². The van der Waals surface area contributed by atoms with Crippen molar-refractivity contribution in [2.45, 2.75) is 13.2 Å². The van der Waals surface area contributed by atoms with Gasteiger partial charge in [0.25, 0.3) is 0 Å². The molecular formula is C11H13N3OS. The smallest absolute Gasteiger partial charge is 0.0795 e. The number of anilines is 1. The predicted molar refractivity (Wildman–Crippen MR) is 64.4 cm³/mol. The van der Waals surface area contributed by atoms with Crippen LogP contribution in [0.4, 0.5) is 5.69 Å². The Hall–Kier alpha value is -1.46. The molecule has 84 valence electrons. The Balaban J connectivity index is 2.17. The number of nitrogens with zero attached hydrogens (tertiary/aromatic N) is 3. The highest BCUT2D eigenvalue weighted by Gasteiger charge is 2.07. The lowest BCUT2D eigenvalue weighted by molar-refractivity contribution is 0.281. The van der Waals surface area contributed by atoms with Gasteiger partial charge in [0.05, 0.1) is 24.4 Å². The molecule has 0 spiro atoms. The van der Waals surface area contributed by atoms with E-state index in [0.717, 1.165) is 23.5 Å². The third-order valence-electron chi connectivity index (χ3n) is 2.34. The van der Waals surface area contributed by atoms with E-state index < -0.39 is 0 Å². The highest BCUT2D eigenvalue weighted by molar-refractivity contribution is 7.07. The molecule has 0 aromatic carbocycles. The first-order valence-electron chi connectivity index (χ1n) is 4.93. The highest BCUT2D eigenvalue weighted by Crippen LogP contribution is 2.19. The molecule has 0 radical (unpaired) electrons. The van der Waals surface area contributed by atoms with Crippen molar-refractivity contribution in [1.82, 2.24) is 9.97 Å². The van der Waals surface area contributed by atoms with Crippen molar-refractivity contribution in [2.24, 2.45) is 0 Å². The second kappa shape index (κ2) is 5.05. The SMILES string of the molecule is CN(Cc1cscn1)c1ccncc1CO. The fourth-order valence-electron chi connectivity index (χ4n) is 1.56. The first-order valence-corrected chi connectivity index (χ1v) is 5.87. The minimum absolute atomic E-state index is 0.00454. The normalized spacial score (nSPS) is 10.4. The van der Waals surface area contributed by atoms with Crippen molar-refractivity contribution in [3.63, 3.8) is 0 Å². The molecule has 0 saturated heterocycles. The van der Waals surface area contributed by atoms with Crippen LogP contribution in [0.5, 0.6) is 0 Å². The van der Waals surface area contributed by atoms with Crippen molar-refractivity contribution in [3.8, 4) is 0 Å². The molecular weight excluding hydrogens is 222 g/mol. The van der Waals surface area contributed by atoms with E-state index in [1.165, 1.54) is 0 Å². The van der Waals surface area contributed by atoms with Crippen LogP contribution in [0.1, 0.15) is 11.3 Å². The van der Waals surface area contributed by atoms with Gasteiger partial charge in [-0.15, -0.1) is 11.3 Å². The van der Waals surface area contributed by atoms with Crippen LogP contribution in [0.2, 0.25) is 0 Å². The van der Waals surface area contributed by atoms with Crippen LogP contribution < -0.4 is 4.90 Å². The minimum atomic E-state index is 0.00454. The van der Waals surface area contributed by atoms with E-state index in [1.807, 2.05) is 24.0 Å². The molecule has 0 fully saturated rings. The fourth-order valence-corrected chi connectivity index (χ4v) is 2.11. The molecule has 0 aliphatic rings. The van der Waals surface area contributed by atoms with Crippen LogP contribution in [0.3, 0.4) is 0 Å². The maximum Gasteiger partial charge on any atom is 0.0795 e. The lowest BCUT2D eigenvalue weighted by Crippen LogP contribution is -2.18. The molecule has 0 saturated carbocycles. The largest absolute Gasteiger partial charge is 0.392 e. The van der Waals surface area contributed by atoms with E-state index >= 15 is 0 Å². The summed E-state index contributed by atoms with van der Waals surface area (Å²) in [6, 6.07) is 1.90. The average Bonchev–Trinajstić information content (AvgIpc) is 2.81. The van der Waals surface area contributed by atoms with E-state index in [1.54, 1.807) is 23.7 Å². The Bertz CT molecular complexity index is 444. The Labute approximate surface area is 98.2 Å². The van der Waals surface area contributed by atoms with E-state index in [-0.39, 0.29) is 6.61 Å². The van der Waals surface area contributed by atoms with Crippen LogP contribution >= 0.6 is 11.3 Å². The van der Waals surface area contributed by atoms with Gasteiger partial charge in [-0.05, 0) is 6.07 Å². The molecule has 0 atom stereocenters. The molecule has 0 aliphatic carbocycles. The van der Waals surface area contributed by atoms with Crippen LogP contribution in [0.15, 0.2) is 29.4 Å². The Morgan fingerprint density at radius 1 is 1.50 bits per heavy atom. The summed E-state index contributed by atoms with van der Waals surface area (Å²) < 4.78 is 0. The summed E-state index contributed by atoms with van der Waals surface area (Å²) in [5, 5.41) is 11.2. The van der Waals surface area contributed by atoms with E-state index in [9.17, 15) is 5.11 Å². The molecule has 0 aliphatic heterocycles.